The van der Waals surface area contributed by atoms with Crippen molar-refractivity contribution in [1.82, 2.24) is 0 Å². The standard InChI is InChI=1S/C27H30O15/c1-9-17(31)20(34)22(36)26(38-9)39-12-6-13(30)16-14(7-12)40-24(10-2-4-11(29)5-3-10)25(19(16)33)42-27-23(37)21(35)18(32)15(8-28)41-27/h2-7,9,15,17-18,20-23,26-32,34-37H,8H2,1H3/t9-,15-,17-,18-,20-,21-,22-,23-,26+,27-/m0/s1. The van der Waals surface area contributed by atoms with E-state index < -0.39 is 90.3 Å². The van der Waals surface area contributed by atoms with Crippen LogP contribution in [0.3, 0.4) is 0 Å². The Kier molecular flexibility index (Phi) is 8.30. The molecule has 0 spiro atoms. The van der Waals surface area contributed by atoms with E-state index >= 15 is 0 Å². The normalized spacial score (nSPS) is 33.4. The van der Waals surface area contributed by atoms with Crippen LogP contribution in [0.25, 0.3) is 22.3 Å². The van der Waals surface area contributed by atoms with E-state index in [0.717, 1.165) is 6.07 Å². The Morgan fingerprint density at radius 2 is 1.40 bits per heavy atom. The van der Waals surface area contributed by atoms with E-state index in [0.29, 0.717) is 0 Å². The highest BCUT2D eigenvalue weighted by atomic mass is 16.7. The summed E-state index contributed by atoms with van der Waals surface area (Å²) in [5.74, 6) is -1.77. The van der Waals surface area contributed by atoms with Crippen molar-refractivity contribution in [2.75, 3.05) is 6.61 Å². The van der Waals surface area contributed by atoms with Crippen LogP contribution in [0.4, 0.5) is 0 Å². The van der Waals surface area contributed by atoms with Crippen LogP contribution in [0.2, 0.25) is 0 Å². The Balaban J connectivity index is 1.58. The fourth-order valence-corrected chi connectivity index (χ4v) is 4.76. The van der Waals surface area contributed by atoms with Crippen LogP contribution in [-0.2, 0) is 9.47 Å². The highest BCUT2D eigenvalue weighted by Gasteiger charge is 2.46. The van der Waals surface area contributed by atoms with Crippen LogP contribution < -0.4 is 14.9 Å². The van der Waals surface area contributed by atoms with Gasteiger partial charge in [-0.05, 0) is 31.2 Å². The van der Waals surface area contributed by atoms with Gasteiger partial charge < -0.3 is 69.3 Å². The molecule has 9 N–H and O–H groups in total. The predicted molar refractivity (Wildman–Crippen MR) is 139 cm³/mol. The van der Waals surface area contributed by atoms with Crippen molar-refractivity contribution in [2.45, 2.75) is 68.3 Å². The molecule has 0 aliphatic carbocycles. The fraction of sp³-hybridized carbons (Fsp3) is 0.444. The van der Waals surface area contributed by atoms with Gasteiger partial charge in [-0.2, -0.15) is 0 Å². The first-order valence-corrected chi connectivity index (χ1v) is 12.9. The van der Waals surface area contributed by atoms with Crippen molar-refractivity contribution in [3.8, 4) is 34.3 Å². The molecule has 10 atom stereocenters. The van der Waals surface area contributed by atoms with Gasteiger partial charge in [-0.3, -0.25) is 4.79 Å². The lowest BCUT2D eigenvalue weighted by molar-refractivity contribution is -0.277. The van der Waals surface area contributed by atoms with E-state index in [9.17, 15) is 50.8 Å². The molecule has 2 aliphatic rings. The van der Waals surface area contributed by atoms with Gasteiger partial charge in [0.1, 0.15) is 70.9 Å². The van der Waals surface area contributed by atoms with Crippen LogP contribution in [0, 0.1) is 0 Å². The number of aliphatic hydroxyl groups is 7. The zero-order chi connectivity index (χ0) is 30.5. The summed E-state index contributed by atoms with van der Waals surface area (Å²) < 4.78 is 28.0. The second kappa shape index (κ2) is 11.6. The van der Waals surface area contributed by atoms with Gasteiger partial charge in [-0.1, -0.05) is 0 Å². The molecule has 0 amide bonds. The van der Waals surface area contributed by atoms with E-state index in [-0.39, 0.29) is 28.4 Å². The van der Waals surface area contributed by atoms with Crippen molar-refractivity contribution in [1.29, 1.82) is 0 Å². The van der Waals surface area contributed by atoms with Crippen LogP contribution in [-0.4, -0.2) is 114 Å². The molecule has 3 heterocycles. The van der Waals surface area contributed by atoms with Gasteiger partial charge in [-0.25, -0.2) is 0 Å². The first-order valence-electron chi connectivity index (χ1n) is 12.9. The van der Waals surface area contributed by atoms with Crippen molar-refractivity contribution in [2.24, 2.45) is 0 Å². The van der Waals surface area contributed by atoms with Crippen LogP contribution in [0.5, 0.6) is 23.0 Å². The van der Waals surface area contributed by atoms with Gasteiger partial charge in [0.2, 0.25) is 23.8 Å². The third-order valence-corrected chi connectivity index (χ3v) is 7.18. The summed E-state index contributed by atoms with van der Waals surface area (Å²) in [7, 11) is 0. The van der Waals surface area contributed by atoms with Gasteiger partial charge in [0.15, 0.2) is 5.76 Å². The summed E-state index contributed by atoms with van der Waals surface area (Å²) in [5, 5.41) is 90.7. The second-order valence-electron chi connectivity index (χ2n) is 10.1. The number of benzene rings is 2. The molecule has 2 aromatic carbocycles. The van der Waals surface area contributed by atoms with Crippen molar-refractivity contribution in [3.63, 3.8) is 0 Å². The Morgan fingerprint density at radius 3 is 2.05 bits per heavy atom. The molecule has 2 aliphatic heterocycles. The van der Waals surface area contributed by atoms with Crippen molar-refractivity contribution < 1.29 is 69.3 Å². The van der Waals surface area contributed by atoms with Gasteiger partial charge in [0.25, 0.3) is 0 Å². The van der Waals surface area contributed by atoms with Crippen molar-refractivity contribution >= 4 is 11.0 Å². The van der Waals surface area contributed by atoms with Crippen LogP contribution >= 0.6 is 0 Å². The third kappa shape index (κ3) is 5.37. The Hall–Kier alpha value is -3.51. The van der Waals surface area contributed by atoms with Crippen LogP contribution in [0.15, 0.2) is 45.6 Å². The zero-order valence-electron chi connectivity index (χ0n) is 21.9. The van der Waals surface area contributed by atoms with Gasteiger partial charge in [-0.15, -0.1) is 0 Å². The predicted octanol–water partition coefficient (Wildman–Crippen LogP) is -1.74. The fourth-order valence-electron chi connectivity index (χ4n) is 4.76. The molecular formula is C27H30O15. The Morgan fingerprint density at radius 1 is 0.786 bits per heavy atom. The van der Waals surface area contributed by atoms with E-state index in [1.165, 1.54) is 37.3 Å². The number of ether oxygens (including phenoxy) is 4. The maximum atomic E-state index is 13.7. The molecule has 0 saturated carbocycles. The molecule has 15 nitrogen and oxygen atoms in total. The minimum absolute atomic E-state index is 0.112. The second-order valence-corrected chi connectivity index (χ2v) is 10.1. The number of fused-ring (bicyclic) bond motifs is 1. The summed E-state index contributed by atoms with van der Waals surface area (Å²) in [6, 6.07) is 7.53. The molecule has 3 aromatic rings. The van der Waals surface area contributed by atoms with Crippen molar-refractivity contribution in [3.05, 3.63) is 46.6 Å². The van der Waals surface area contributed by atoms with Gasteiger partial charge >= 0.3 is 0 Å². The number of phenolic OH excluding ortho intramolecular Hbond substituents is 2. The molecule has 228 valence electrons. The number of phenols is 2. The third-order valence-electron chi connectivity index (χ3n) is 7.18. The number of hydrogen-bond acceptors (Lipinski definition) is 15. The SMILES string of the molecule is C[C@@H]1O[C@H](Oc2cc(O)c3c(=O)c(O[C@@H]4O[C@@H](CO)[C@H](O)[C@H](O)[C@@H]4O)c(-c4ccc(O)cc4)oc3c2)[C@@H](O)[C@@H](O)[C@H]1O. The van der Waals surface area contributed by atoms with E-state index in [1.54, 1.807) is 0 Å². The molecule has 2 fully saturated rings. The first kappa shape index (κ1) is 30.0. The number of aromatic hydroxyl groups is 2. The number of rotatable bonds is 6. The molecule has 0 radical (unpaired) electrons. The zero-order valence-corrected chi connectivity index (χ0v) is 21.9. The first-order chi connectivity index (χ1) is 19.9. The summed E-state index contributed by atoms with van der Waals surface area (Å²) in [6.45, 7) is 0.702. The molecule has 5 rings (SSSR count). The summed E-state index contributed by atoms with van der Waals surface area (Å²) in [4.78, 5) is 13.7. The number of aliphatic hydroxyl groups excluding tert-OH is 7. The lowest BCUT2D eigenvalue weighted by Gasteiger charge is -2.39. The average molecular weight is 595 g/mol. The average Bonchev–Trinajstić information content (AvgIpc) is 2.96. The highest BCUT2D eigenvalue weighted by molar-refractivity contribution is 5.88. The Labute approximate surface area is 236 Å². The maximum absolute atomic E-state index is 13.7. The largest absolute Gasteiger partial charge is 0.508 e. The van der Waals surface area contributed by atoms with E-state index in [1.807, 2.05) is 0 Å². The topological polar surface area (TPSA) is 249 Å². The Bertz CT molecular complexity index is 1470. The molecule has 1 aromatic heterocycles. The monoisotopic (exact) mass is 594 g/mol. The minimum Gasteiger partial charge on any atom is -0.508 e. The van der Waals surface area contributed by atoms with E-state index in [4.69, 9.17) is 23.4 Å². The molecule has 15 heteroatoms. The summed E-state index contributed by atoms with van der Waals surface area (Å²) in [6.07, 6.45) is -15.5. The molecule has 2 saturated heterocycles. The maximum Gasteiger partial charge on any atom is 0.239 e. The highest BCUT2D eigenvalue weighted by Crippen LogP contribution is 2.38. The van der Waals surface area contributed by atoms with Crippen LogP contribution in [0.1, 0.15) is 6.92 Å². The van der Waals surface area contributed by atoms with Gasteiger partial charge in [0.05, 0.1) is 12.7 Å². The quantitative estimate of drug-likeness (QED) is 0.154. The smallest absolute Gasteiger partial charge is 0.239 e. The molecule has 0 unspecified atom stereocenters. The molecular weight excluding hydrogens is 564 g/mol. The molecule has 0 bridgehead atoms. The summed E-state index contributed by atoms with van der Waals surface area (Å²) >= 11 is 0. The lowest BCUT2D eigenvalue weighted by Crippen LogP contribution is -2.60. The van der Waals surface area contributed by atoms with E-state index in [2.05, 4.69) is 0 Å². The lowest BCUT2D eigenvalue weighted by atomic mass is 9.99. The van der Waals surface area contributed by atoms with Gasteiger partial charge in [0, 0.05) is 17.7 Å². The minimum atomic E-state index is -1.87. The number of hydrogen-bond donors (Lipinski definition) is 9. The summed E-state index contributed by atoms with van der Waals surface area (Å²) in [5.41, 5.74) is -1.01. The molecule has 42 heavy (non-hydrogen) atoms.